The lowest BCUT2D eigenvalue weighted by Gasteiger charge is -2.25. The zero-order chi connectivity index (χ0) is 10.7. The molecule has 1 saturated heterocycles. The van der Waals surface area contributed by atoms with Gasteiger partial charge in [-0.2, -0.15) is 0 Å². The summed E-state index contributed by atoms with van der Waals surface area (Å²) in [4.78, 5) is 4.90. The fourth-order valence-corrected chi connectivity index (χ4v) is 2.22. The van der Waals surface area contributed by atoms with Crippen molar-refractivity contribution in [2.24, 2.45) is 0 Å². The summed E-state index contributed by atoms with van der Waals surface area (Å²) in [6.07, 6.45) is 0. The number of likely N-dealkylation sites (N-methyl/N-ethyl adjacent to an activating group) is 2. The summed E-state index contributed by atoms with van der Waals surface area (Å²) in [6.45, 7) is 10.2. The van der Waals surface area contributed by atoms with E-state index in [1.54, 1.807) is 0 Å². The maximum absolute atomic E-state index is 3.58. The van der Waals surface area contributed by atoms with E-state index in [2.05, 4.69) is 50.0 Å². The molecule has 3 heteroatoms. The maximum atomic E-state index is 3.58. The first-order chi connectivity index (χ1) is 6.56. The summed E-state index contributed by atoms with van der Waals surface area (Å²) >= 11 is 0. The highest BCUT2D eigenvalue weighted by atomic mass is 15.3. The molecule has 86 valence electrons. The molecule has 1 heterocycles. The van der Waals surface area contributed by atoms with Crippen molar-refractivity contribution in [3.63, 3.8) is 0 Å². The molecule has 0 aromatic heterocycles. The SMILES string of the molecule is CCN[C@H]1CN(C(C)C)C[C@H]1N(C)C.[HH]. The number of nitrogens with zero attached hydrogens (tertiary/aromatic N) is 2. The average Bonchev–Trinajstić information content (AvgIpc) is 2.49. The van der Waals surface area contributed by atoms with E-state index in [-0.39, 0.29) is 1.43 Å². The standard InChI is InChI=1S/C11H25N3.H2/c1-6-12-10-7-14(9(2)3)8-11(10)13(4)5;/h9-12H,6-8H2,1-5H3;1H/t10-,11+;/m0./s1. The van der Waals surface area contributed by atoms with Crippen molar-refractivity contribution in [1.82, 2.24) is 15.1 Å². The number of likely N-dealkylation sites (tertiary alicyclic amines) is 1. The first kappa shape index (κ1) is 12.0. The molecular formula is C11H27N3. The number of nitrogens with one attached hydrogen (secondary N) is 1. The highest BCUT2D eigenvalue weighted by molar-refractivity contribution is 4.94. The molecule has 0 unspecified atom stereocenters. The molecule has 1 rings (SSSR count). The topological polar surface area (TPSA) is 18.5 Å². The number of hydrogen-bond donors (Lipinski definition) is 1. The van der Waals surface area contributed by atoms with Gasteiger partial charge in [0.05, 0.1) is 0 Å². The lowest BCUT2D eigenvalue weighted by molar-refractivity contribution is 0.234. The van der Waals surface area contributed by atoms with Crippen LogP contribution in [0.2, 0.25) is 0 Å². The van der Waals surface area contributed by atoms with Crippen LogP contribution in [0.4, 0.5) is 0 Å². The lowest BCUT2D eigenvalue weighted by atomic mass is 10.1. The average molecular weight is 201 g/mol. The third-order valence-corrected chi connectivity index (χ3v) is 3.18. The van der Waals surface area contributed by atoms with Gasteiger partial charge in [-0.3, -0.25) is 4.90 Å². The van der Waals surface area contributed by atoms with Gasteiger partial charge in [-0.1, -0.05) is 6.92 Å². The van der Waals surface area contributed by atoms with Crippen LogP contribution in [0.15, 0.2) is 0 Å². The van der Waals surface area contributed by atoms with Crippen LogP contribution in [-0.4, -0.2) is 61.7 Å². The van der Waals surface area contributed by atoms with E-state index in [1.165, 1.54) is 13.1 Å². The monoisotopic (exact) mass is 201 g/mol. The Labute approximate surface area is 89.9 Å². The Kier molecular flexibility index (Phi) is 4.35. The Morgan fingerprint density at radius 2 is 2.07 bits per heavy atom. The maximum Gasteiger partial charge on any atom is 0.0383 e. The van der Waals surface area contributed by atoms with Crippen LogP contribution < -0.4 is 5.32 Å². The van der Waals surface area contributed by atoms with Gasteiger partial charge in [-0.25, -0.2) is 0 Å². The van der Waals surface area contributed by atoms with E-state index in [0.29, 0.717) is 18.1 Å². The predicted molar refractivity (Wildman–Crippen MR) is 63.8 cm³/mol. The summed E-state index contributed by atoms with van der Waals surface area (Å²) in [7, 11) is 4.36. The largest absolute Gasteiger partial charge is 0.311 e. The number of rotatable bonds is 4. The second kappa shape index (κ2) is 5.10. The summed E-state index contributed by atoms with van der Waals surface area (Å²) in [5, 5.41) is 3.58. The first-order valence-corrected chi connectivity index (χ1v) is 5.70. The smallest absolute Gasteiger partial charge is 0.0383 e. The highest BCUT2D eigenvalue weighted by Crippen LogP contribution is 2.16. The summed E-state index contributed by atoms with van der Waals surface area (Å²) in [5.74, 6) is 0. The van der Waals surface area contributed by atoms with Crippen LogP contribution in [0.5, 0.6) is 0 Å². The number of hydrogen-bond acceptors (Lipinski definition) is 3. The molecule has 3 nitrogen and oxygen atoms in total. The predicted octanol–water partition coefficient (Wildman–Crippen LogP) is 0.865. The molecule has 0 saturated carbocycles. The molecular weight excluding hydrogens is 174 g/mol. The van der Waals surface area contributed by atoms with Crippen LogP contribution in [0.1, 0.15) is 22.2 Å². The molecule has 0 aromatic rings. The van der Waals surface area contributed by atoms with Crippen molar-refractivity contribution in [2.75, 3.05) is 33.7 Å². The van der Waals surface area contributed by atoms with Gasteiger partial charge in [0, 0.05) is 32.6 Å². The summed E-state index contributed by atoms with van der Waals surface area (Å²) in [6, 6.07) is 1.97. The molecule has 1 N–H and O–H groups in total. The highest BCUT2D eigenvalue weighted by Gasteiger charge is 2.34. The Morgan fingerprint density at radius 3 is 2.50 bits per heavy atom. The molecule has 1 aliphatic rings. The van der Waals surface area contributed by atoms with Gasteiger partial charge < -0.3 is 10.2 Å². The molecule has 1 fully saturated rings. The van der Waals surface area contributed by atoms with Crippen molar-refractivity contribution >= 4 is 0 Å². The van der Waals surface area contributed by atoms with Crippen LogP contribution in [-0.2, 0) is 0 Å². The van der Waals surface area contributed by atoms with E-state index < -0.39 is 0 Å². The van der Waals surface area contributed by atoms with Crippen molar-refractivity contribution in [3.8, 4) is 0 Å². The van der Waals surface area contributed by atoms with E-state index in [4.69, 9.17) is 0 Å². The van der Waals surface area contributed by atoms with E-state index in [0.717, 1.165) is 6.54 Å². The van der Waals surface area contributed by atoms with Crippen molar-refractivity contribution in [2.45, 2.75) is 38.9 Å². The van der Waals surface area contributed by atoms with Crippen LogP contribution in [0, 0.1) is 0 Å². The second-order valence-electron chi connectivity index (χ2n) is 4.74. The van der Waals surface area contributed by atoms with E-state index >= 15 is 0 Å². The lowest BCUT2D eigenvalue weighted by Crippen LogP contribution is -2.46. The fourth-order valence-electron chi connectivity index (χ4n) is 2.22. The molecule has 2 atom stereocenters. The van der Waals surface area contributed by atoms with Gasteiger partial charge in [0.15, 0.2) is 0 Å². The van der Waals surface area contributed by atoms with E-state index in [9.17, 15) is 0 Å². The van der Waals surface area contributed by atoms with Crippen molar-refractivity contribution in [1.29, 1.82) is 0 Å². The van der Waals surface area contributed by atoms with Gasteiger partial charge in [0.1, 0.15) is 0 Å². The van der Waals surface area contributed by atoms with E-state index in [1.807, 2.05) is 0 Å². The molecule has 1 aliphatic heterocycles. The van der Waals surface area contributed by atoms with Crippen molar-refractivity contribution in [3.05, 3.63) is 0 Å². The Balaban J connectivity index is 0.00000196. The fraction of sp³-hybridized carbons (Fsp3) is 1.00. The van der Waals surface area contributed by atoms with Gasteiger partial charge in [0.25, 0.3) is 0 Å². The zero-order valence-corrected chi connectivity index (χ0v) is 10.2. The minimum absolute atomic E-state index is 0. The normalized spacial score (nSPS) is 29.4. The minimum Gasteiger partial charge on any atom is -0.311 e. The molecule has 0 aromatic carbocycles. The van der Waals surface area contributed by atoms with Crippen LogP contribution in [0.3, 0.4) is 0 Å². The van der Waals surface area contributed by atoms with Gasteiger partial charge in [0.2, 0.25) is 0 Å². The molecule has 0 spiro atoms. The van der Waals surface area contributed by atoms with Crippen molar-refractivity contribution < 1.29 is 1.43 Å². The Morgan fingerprint density at radius 1 is 1.43 bits per heavy atom. The zero-order valence-electron chi connectivity index (χ0n) is 10.2. The summed E-state index contributed by atoms with van der Waals surface area (Å²) < 4.78 is 0. The second-order valence-corrected chi connectivity index (χ2v) is 4.74. The molecule has 14 heavy (non-hydrogen) atoms. The van der Waals surface area contributed by atoms with Gasteiger partial charge in [-0.05, 0) is 34.5 Å². The third kappa shape index (κ3) is 2.69. The van der Waals surface area contributed by atoms with Crippen LogP contribution in [0.25, 0.3) is 0 Å². The Bertz CT molecular complexity index is 173. The van der Waals surface area contributed by atoms with Gasteiger partial charge >= 0.3 is 0 Å². The van der Waals surface area contributed by atoms with Crippen LogP contribution >= 0.6 is 0 Å². The summed E-state index contributed by atoms with van der Waals surface area (Å²) in [5.41, 5.74) is 0. The quantitative estimate of drug-likeness (QED) is 0.728. The third-order valence-electron chi connectivity index (χ3n) is 3.18. The minimum atomic E-state index is 0. The molecule has 0 bridgehead atoms. The Hall–Kier alpha value is -0.120. The first-order valence-electron chi connectivity index (χ1n) is 5.70. The van der Waals surface area contributed by atoms with Gasteiger partial charge in [-0.15, -0.1) is 0 Å². The molecule has 0 aliphatic carbocycles. The molecule has 0 radical (unpaired) electrons. The molecule has 0 amide bonds.